The van der Waals surface area contributed by atoms with Crippen LogP contribution in [0.15, 0.2) is 66.1 Å². The number of rotatable bonds is 3. The Morgan fingerprint density at radius 1 is 0.818 bits per heavy atom. The van der Waals surface area contributed by atoms with Crippen LogP contribution in [-0.2, 0) is 20.0 Å². The van der Waals surface area contributed by atoms with Crippen LogP contribution in [0.2, 0.25) is 0 Å². The molecule has 5 nitrogen and oxygen atoms in total. The Labute approximate surface area is 187 Å². The molecule has 0 heterocycles. The molecule has 112 valence electrons. The number of hydrogen-bond donors (Lipinski definition) is 0. The van der Waals surface area contributed by atoms with Gasteiger partial charge in [-0.25, -0.2) is 16.8 Å². The van der Waals surface area contributed by atoms with Gasteiger partial charge in [0, 0.05) is 8.95 Å². The molecule has 0 fully saturated rings. The Morgan fingerprint density at radius 3 is 1.82 bits per heavy atom. The molecule has 0 spiro atoms. The van der Waals surface area contributed by atoms with Gasteiger partial charge in [0.1, 0.15) is 10.1 Å². The van der Waals surface area contributed by atoms with E-state index in [1.165, 1.54) is 24.3 Å². The van der Waals surface area contributed by atoms with Crippen LogP contribution in [0, 0.1) is 0 Å². The van der Waals surface area contributed by atoms with Crippen LogP contribution >= 0.6 is 31.9 Å². The summed E-state index contributed by atoms with van der Waals surface area (Å²) in [5, 5.41) is 0. The van der Waals surface area contributed by atoms with E-state index in [1.54, 1.807) is 12.1 Å². The third-order valence-corrected chi connectivity index (χ3v) is 6.73. The van der Waals surface area contributed by atoms with Crippen molar-refractivity contribution >= 4 is 51.8 Å². The van der Waals surface area contributed by atoms with Gasteiger partial charge in [-0.05, 0) is 58.4 Å². The molecular formula is C12H7Br2KO5S2. The SMILES string of the molecule is O=S(=O)([O-])c1cc(S(=O)(=O)c2ccc(Br)cc2)ccc1Br.[K+]. The van der Waals surface area contributed by atoms with Gasteiger partial charge < -0.3 is 4.55 Å². The van der Waals surface area contributed by atoms with Crippen molar-refractivity contribution < 1.29 is 72.8 Å². The fourth-order valence-corrected chi connectivity index (χ4v) is 4.64. The van der Waals surface area contributed by atoms with Crippen LogP contribution in [0.25, 0.3) is 0 Å². The van der Waals surface area contributed by atoms with Gasteiger partial charge in [-0.2, -0.15) is 0 Å². The van der Waals surface area contributed by atoms with E-state index in [0.717, 1.165) is 6.07 Å². The summed E-state index contributed by atoms with van der Waals surface area (Å²) in [7, 11) is -8.67. The first kappa shape index (κ1) is 20.9. The number of hydrogen-bond acceptors (Lipinski definition) is 5. The summed E-state index contributed by atoms with van der Waals surface area (Å²) >= 11 is 6.11. The van der Waals surface area contributed by atoms with E-state index in [1.807, 2.05) is 0 Å². The first-order valence-corrected chi connectivity index (χ1v) is 9.86. The molecule has 2 aromatic carbocycles. The minimum absolute atomic E-state index is 0. The second-order valence-corrected chi connectivity index (χ2v) is 9.07. The summed E-state index contributed by atoms with van der Waals surface area (Å²) in [6.45, 7) is 0. The molecule has 2 aromatic rings. The van der Waals surface area contributed by atoms with Crippen LogP contribution < -0.4 is 51.4 Å². The fraction of sp³-hybridized carbons (Fsp3) is 0. The average Bonchev–Trinajstić information content (AvgIpc) is 2.38. The molecular weight excluding hydrogens is 487 g/mol. The predicted octanol–water partition coefficient (Wildman–Crippen LogP) is -0.0475. The summed E-state index contributed by atoms with van der Waals surface area (Å²) in [5.41, 5.74) is 0. The van der Waals surface area contributed by atoms with Gasteiger partial charge in [0.2, 0.25) is 9.84 Å². The molecule has 2 rings (SSSR count). The van der Waals surface area contributed by atoms with Crippen LogP contribution in [-0.4, -0.2) is 21.4 Å². The van der Waals surface area contributed by atoms with Crippen molar-refractivity contribution in [3.05, 3.63) is 51.4 Å². The molecule has 0 aliphatic rings. The van der Waals surface area contributed by atoms with Crippen molar-refractivity contribution in [3.8, 4) is 0 Å². The number of benzene rings is 2. The molecule has 0 saturated heterocycles. The third kappa shape index (κ3) is 4.71. The maximum atomic E-state index is 12.4. The Morgan fingerprint density at radius 2 is 1.32 bits per heavy atom. The maximum Gasteiger partial charge on any atom is 1.00 e. The molecule has 0 N–H and O–H groups in total. The Hall–Kier alpha value is 0.896. The molecule has 0 atom stereocenters. The Bertz CT molecular complexity index is 894. The normalized spacial score (nSPS) is 11.8. The quantitative estimate of drug-likeness (QED) is 0.441. The van der Waals surface area contributed by atoms with Crippen LogP contribution in [0.5, 0.6) is 0 Å². The zero-order chi connectivity index (χ0) is 15.8. The van der Waals surface area contributed by atoms with Gasteiger partial charge in [0.25, 0.3) is 0 Å². The molecule has 0 aliphatic heterocycles. The summed E-state index contributed by atoms with van der Waals surface area (Å²) in [4.78, 5) is -0.870. The van der Waals surface area contributed by atoms with E-state index < -0.39 is 24.9 Å². The average molecular weight is 494 g/mol. The summed E-state index contributed by atoms with van der Waals surface area (Å²) in [6.07, 6.45) is 0. The van der Waals surface area contributed by atoms with Crippen molar-refractivity contribution in [1.29, 1.82) is 0 Å². The van der Waals surface area contributed by atoms with E-state index in [2.05, 4.69) is 31.9 Å². The zero-order valence-corrected chi connectivity index (χ0v) is 19.1. The molecule has 0 unspecified atom stereocenters. The van der Waals surface area contributed by atoms with Crippen molar-refractivity contribution in [2.75, 3.05) is 0 Å². The minimum Gasteiger partial charge on any atom is -0.744 e. The number of halogens is 2. The molecule has 0 bridgehead atoms. The van der Waals surface area contributed by atoms with Gasteiger partial charge >= 0.3 is 51.4 Å². The molecule has 0 amide bonds. The van der Waals surface area contributed by atoms with Crippen LogP contribution in [0.4, 0.5) is 0 Å². The second-order valence-electron chi connectivity index (χ2n) is 4.00. The van der Waals surface area contributed by atoms with Gasteiger partial charge in [-0.1, -0.05) is 15.9 Å². The van der Waals surface area contributed by atoms with Gasteiger partial charge in [-0.3, -0.25) is 0 Å². The van der Waals surface area contributed by atoms with Gasteiger partial charge in [-0.15, -0.1) is 0 Å². The van der Waals surface area contributed by atoms with Crippen molar-refractivity contribution in [3.63, 3.8) is 0 Å². The first-order chi connectivity index (χ1) is 9.62. The summed E-state index contributed by atoms with van der Waals surface area (Å²) in [5.74, 6) is 0. The molecule has 10 heteroatoms. The third-order valence-electron chi connectivity index (χ3n) is 2.61. The largest absolute Gasteiger partial charge is 1.00 e. The second kappa shape index (κ2) is 7.85. The fourth-order valence-electron chi connectivity index (χ4n) is 1.59. The van der Waals surface area contributed by atoms with E-state index in [4.69, 9.17) is 0 Å². The standard InChI is InChI=1S/C12H8Br2O5S2.K/c13-8-1-3-9(4-2-8)20(15,16)10-5-6-11(14)12(7-10)21(17,18)19;/h1-7H,(H,17,18,19);/q;+1/p-1. The van der Waals surface area contributed by atoms with E-state index in [0.29, 0.717) is 4.47 Å². The zero-order valence-electron chi connectivity index (χ0n) is 11.2. The summed E-state index contributed by atoms with van der Waals surface area (Å²) in [6, 6.07) is 9.17. The molecule has 0 saturated carbocycles. The monoisotopic (exact) mass is 492 g/mol. The van der Waals surface area contributed by atoms with Gasteiger partial charge in [0.05, 0.1) is 14.7 Å². The molecule has 0 radical (unpaired) electrons. The smallest absolute Gasteiger partial charge is 0.744 e. The van der Waals surface area contributed by atoms with Crippen LogP contribution in [0.3, 0.4) is 0 Å². The minimum atomic E-state index is -4.77. The predicted molar refractivity (Wildman–Crippen MR) is 81.7 cm³/mol. The molecule has 0 aromatic heterocycles. The maximum absolute atomic E-state index is 12.4. The molecule has 22 heavy (non-hydrogen) atoms. The van der Waals surface area contributed by atoms with Crippen LogP contribution in [0.1, 0.15) is 0 Å². The topological polar surface area (TPSA) is 91.3 Å². The first-order valence-electron chi connectivity index (χ1n) is 5.38. The molecule has 0 aliphatic carbocycles. The number of sulfone groups is 1. The Balaban J connectivity index is 0.00000242. The van der Waals surface area contributed by atoms with Crippen molar-refractivity contribution in [1.82, 2.24) is 0 Å². The van der Waals surface area contributed by atoms with E-state index in [9.17, 15) is 21.4 Å². The van der Waals surface area contributed by atoms with Gasteiger partial charge in [0.15, 0.2) is 0 Å². The van der Waals surface area contributed by atoms with Crippen molar-refractivity contribution in [2.24, 2.45) is 0 Å². The van der Waals surface area contributed by atoms with Crippen molar-refractivity contribution in [2.45, 2.75) is 14.7 Å². The van der Waals surface area contributed by atoms with E-state index >= 15 is 0 Å². The summed E-state index contributed by atoms with van der Waals surface area (Å²) < 4.78 is 58.9. The Kier molecular flexibility index (Phi) is 7.47. The van der Waals surface area contributed by atoms with E-state index in [-0.39, 0.29) is 65.6 Å².